The number of hydrogen-bond acceptors (Lipinski definition) is 3. The minimum absolute atomic E-state index is 0.0147. The number of hydrogen-bond donors (Lipinski definition) is 0. The first-order chi connectivity index (χ1) is 4.12. The molecule has 0 rings (SSSR count). The number of nitrogens with zero attached hydrogens (tertiary/aromatic N) is 1. The van der Waals surface area contributed by atoms with Crippen LogP contribution in [0.4, 0.5) is 0 Å². The molecule has 1 atom stereocenters. The Bertz CT molecular complexity index is 161. The number of nitriles is 1. The van der Waals surface area contributed by atoms with Crippen LogP contribution >= 0.6 is 7.37 Å². The van der Waals surface area contributed by atoms with E-state index in [-0.39, 0.29) is 6.16 Å². The van der Waals surface area contributed by atoms with Crippen LogP contribution in [0, 0.1) is 11.3 Å². The topological polar surface area (TPSA) is 50.1 Å². The maximum Gasteiger partial charge on any atom is 0.213 e. The van der Waals surface area contributed by atoms with Gasteiger partial charge >= 0.3 is 0 Å². The summed E-state index contributed by atoms with van der Waals surface area (Å²) in [6, 6.07) is 1.80. The minimum Gasteiger partial charge on any atom is -0.328 e. The maximum absolute atomic E-state index is 11.0. The van der Waals surface area contributed by atoms with Crippen LogP contribution in [0.1, 0.15) is 6.92 Å². The molecular formula is C5H10NO2P. The second-order valence-electron chi connectivity index (χ2n) is 1.75. The van der Waals surface area contributed by atoms with Gasteiger partial charge in [-0.15, -0.1) is 0 Å². The normalized spacial score (nSPS) is 16.1. The summed E-state index contributed by atoms with van der Waals surface area (Å²) in [7, 11) is -2.55. The molecule has 0 aliphatic carbocycles. The fraction of sp³-hybridized carbons (Fsp3) is 0.800. The standard InChI is InChI=1S/C5H10NO2P/c1-3-8-9(2,7)5-4-6/h3,5H2,1-2H3/t9-/m1/s1. The molecule has 0 aromatic carbocycles. The summed E-state index contributed by atoms with van der Waals surface area (Å²) in [5.74, 6) is 0. The molecule has 0 amide bonds. The molecule has 0 spiro atoms. The lowest BCUT2D eigenvalue weighted by molar-refractivity contribution is 0.339. The predicted molar refractivity (Wildman–Crippen MR) is 35.6 cm³/mol. The molecule has 0 N–H and O–H groups in total. The van der Waals surface area contributed by atoms with E-state index in [1.165, 1.54) is 6.66 Å². The maximum atomic E-state index is 11.0. The van der Waals surface area contributed by atoms with E-state index >= 15 is 0 Å². The molecule has 0 fully saturated rings. The van der Waals surface area contributed by atoms with Gasteiger partial charge in [-0.25, -0.2) is 0 Å². The molecule has 9 heavy (non-hydrogen) atoms. The smallest absolute Gasteiger partial charge is 0.213 e. The van der Waals surface area contributed by atoms with Crippen molar-refractivity contribution in [1.29, 1.82) is 5.26 Å². The van der Waals surface area contributed by atoms with Crippen molar-refractivity contribution in [3.63, 3.8) is 0 Å². The Hall–Kier alpha value is -0.320. The molecule has 0 radical (unpaired) electrons. The average molecular weight is 147 g/mol. The first kappa shape index (κ1) is 8.68. The highest BCUT2D eigenvalue weighted by Crippen LogP contribution is 2.41. The van der Waals surface area contributed by atoms with E-state index in [0.717, 1.165) is 0 Å². The van der Waals surface area contributed by atoms with Gasteiger partial charge in [0.05, 0.1) is 12.7 Å². The summed E-state index contributed by atoms with van der Waals surface area (Å²) in [5.41, 5.74) is 0. The minimum atomic E-state index is -2.55. The molecule has 0 saturated heterocycles. The fourth-order valence-corrected chi connectivity index (χ4v) is 1.34. The molecule has 0 unspecified atom stereocenters. The lowest BCUT2D eigenvalue weighted by Gasteiger charge is -2.06. The van der Waals surface area contributed by atoms with E-state index in [9.17, 15) is 4.57 Å². The summed E-state index contributed by atoms with van der Waals surface area (Å²) in [4.78, 5) is 0. The Morgan fingerprint density at radius 2 is 2.33 bits per heavy atom. The van der Waals surface area contributed by atoms with Crippen molar-refractivity contribution in [3.8, 4) is 6.07 Å². The van der Waals surface area contributed by atoms with Crippen LogP contribution in [0.2, 0.25) is 0 Å². The highest BCUT2D eigenvalue weighted by Gasteiger charge is 2.12. The highest BCUT2D eigenvalue weighted by molar-refractivity contribution is 7.58. The van der Waals surface area contributed by atoms with E-state index < -0.39 is 7.37 Å². The van der Waals surface area contributed by atoms with E-state index in [0.29, 0.717) is 6.61 Å². The third-order valence-electron chi connectivity index (χ3n) is 0.760. The quantitative estimate of drug-likeness (QED) is 0.567. The molecule has 4 heteroatoms. The molecule has 0 aromatic rings. The SMILES string of the molecule is CCO[P@@](C)(=O)CC#N. The van der Waals surface area contributed by atoms with Crippen molar-refractivity contribution in [2.24, 2.45) is 0 Å². The van der Waals surface area contributed by atoms with Gasteiger partial charge in [-0.05, 0) is 6.92 Å². The van der Waals surface area contributed by atoms with Gasteiger partial charge in [-0.2, -0.15) is 5.26 Å². The second-order valence-corrected chi connectivity index (χ2v) is 4.35. The molecule has 3 nitrogen and oxygen atoms in total. The van der Waals surface area contributed by atoms with Gasteiger partial charge in [-0.3, -0.25) is 4.57 Å². The van der Waals surface area contributed by atoms with E-state index in [1.54, 1.807) is 13.0 Å². The van der Waals surface area contributed by atoms with Gasteiger partial charge in [0.2, 0.25) is 7.37 Å². The van der Waals surface area contributed by atoms with Gasteiger partial charge in [0.15, 0.2) is 0 Å². The fourth-order valence-electron chi connectivity index (χ4n) is 0.447. The Labute approximate surface area is 55.1 Å². The van der Waals surface area contributed by atoms with Crippen molar-refractivity contribution >= 4 is 7.37 Å². The molecule has 0 aliphatic heterocycles. The van der Waals surface area contributed by atoms with Crippen molar-refractivity contribution < 1.29 is 9.09 Å². The van der Waals surface area contributed by atoms with Crippen LogP contribution in [0.3, 0.4) is 0 Å². The molecule has 0 aromatic heterocycles. The van der Waals surface area contributed by atoms with Crippen molar-refractivity contribution in [3.05, 3.63) is 0 Å². The van der Waals surface area contributed by atoms with E-state index in [2.05, 4.69) is 0 Å². The van der Waals surface area contributed by atoms with Crippen LogP contribution in [0.5, 0.6) is 0 Å². The van der Waals surface area contributed by atoms with Crippen LogP contribution < -0.4 is 0 Å². The second kappa shape index (κ2) is 3.66. The Morgan fingerprint density at radius 3 is 2.67 bits per heavy atom. The molecule has 0 heterocycles. The summed E-state index contributed by atoms with van der Waals surface area (Å²) in [6.45, 7) is 3.64. The monoisotopic (exact) mass is 147 g/mol. The lowest BCUT2D eigenvalue weighted by atomic mass is 10.9. The molecule has 0 aliphatic rings. The van der Waals surface area contributed by atoms with Gasteiger partial charge in [0.1, 0.15) is 6.16 Å². The summed E-state index contributed by atoms with van der Waals surface area (Å²) < 4.78 is 15.8. The van der Waals surface area contributed by atoms with Crippen molar-refractivity contribution in [2.45, 2.75) is 6.92 Å². The lowest BCUT2D eigenvalue weighted by Crippen LogP contribution is -1.90. The first-order valence-corrected chi connectivity index (χ1v) is 4.96. The molecule has 52 valence electrons. The van der Waals surface area contributed by atoms with Crippen LogP contribution in [-0.4, -0.2) is 19.4 Å². The van der Waals surface area contributed by atoms with Crippen LogP contribution in [0.25, 0.3) is 0 Å². The molecule has 0 bridgehead atoms. The van der Waals surface area contributed by atoms with Crippen LogP contribution in [-0.2, 0) is 9.09 Å². The van der Waals surface area contributed by atoms with Crippen molar-refractivity contribution in [1.82, 2.24) is 0 Å². The molecule has 0 saturated carbocycles. The number of rotatable bonds is 3. The first-order valence-electron chi connectivity index (χ1n) is 2.70. The zero-order valence-electron chi connectivity index (χ0n) is 5.63. The third-order valence-corrected chi connectivity index (χ3v) is 2.28. The van der Waals surface area contributed by atoms with Gasteiger partial charge < -0.3 is 4.52 Å². The van der Waals surface area contributed by atoms with Gasteiger partial charge in [0.25, 0.3) is 0 Å². The average Bonchev–Trinajstić information content (AvgIpc) is 1.64. The van der Waals surface area contributed by atoms with Crippen molar-refractivity contribution in [2.75, 3.05) is 19.4 Å². The van der Waals surface area contributed by atoms with Gasteiger partial charge in [-0.1, -0.05) is 0 Å². The largest absolute Gasteiger partial charge is 0.328 e. The van der Waals surface area contributed by atoms with Gasteiger partial charge in [0, 0.05) is 6.66 Å². The zero-order chi connectivity index (χ0) is 7.33. The Balaban J connectivity index is 3.75. The predicted octanol–water partition coefficient (Wildman–Crippen LogP) is 1.45. The molecular weight excluding hydrogens is 137 g/mol. The Kier molecular flexibility index (Phi) is 3.53. The summed E-state index contributed by atoms with van der Waals surface area (Å²) in [5, 5.41) is 8.13. The zero-order valence-corrected chi connectivity index (χ0v) is 6.52. The van der Waals surface area contributed by atoms with E-state index in [4.69, 9.17) is 9.79 Å². The summed E-state index contributed by atoms with van der Waals surface area (Å²) >= 11 is 0. The highest BCUT2D eigenvalue weighted by atomic mass is 31.2. The Morgan fingerprint density at radius 1 is 1.78 bits per heavy atom. The van der Waals surface area contributed by atoms with E-state index in [1.807, 2.05) is 0 Å². The third kappa shape index (κ3) is 4.20. The van der Waals surface area contributed by atoms with Crippen LogP contribution in [0.15, 0.2) is 0 Å². The summed E-state index contributed by atoms with van der Waals surface area (Å²) in [6.07, 6.45) is 0.0147.